The van der Waals surface area contributed by atoms with Crippen molar-refractivity contribution in [3.8, 4) is 5.75 Å². The van der Waals surface area contributed by atoms with Crippen LogP contribution in [0.4, 0.5) is 0 Å². The zero-order valence-electron chi connectivity index (χ0n) is 10.8. The summed E-state index contributed by atoms with van der Waals surface area (Å²) < 4.78 is 6.56. The van der Waals surface area contributed by atoms with E-state index in [-0.39, 0.29) is 25.7 Å². The molecular weight excluding hydrogens is 298 g/mol. The van der Waals surface area contributed by atoms with Gasteiger partial charge in [-0.1, -0.05) is 15.9 Å². The van der Waals surface area contributed by atoms with E-state index in [0.29, 0.717) is 5.75 Å². The van der Waals surface area contributed by atoms with Crippen LogP contribution >= 0.6 is 15.9 Å². The van der Waals surface area contributed by atoms with Crippen LogP contribution in [-0.2, 0) is 4.79 Å². The van der Waals surface area contributed by atoms with Crippen LogP contribution in [0.1, 0.15) is 16.7 Å². The maximum absolute atomic E-state index is 11.4. The predicted octanol–water partition coefficient (Wildman–Crippen LogP) is 1.86. The van der Waals surface area contributed by atoms with Gasteiger partial charge in [0.25, 0.3) is 5.91 Å². The highest BCUT2D eigenvalue weighted by atomic mass is 79.9. The molecule has 1 rings (SSSR count). The zero-order valence-corrected chi connectivity index (χ0v) is 12.4. The molecule has 5 heteroatoms. The molecule has 0 radical (unpaired) electrons. The maximum atomic E-state index is 11.4. The standard InChI is InChI=1S/C13H18BrNO3/c1-8-6-11(9(2)10(3)13(8)14)18-7-12(17)15-4-5-16/h6,16H,4-5,7H2,1-3H3,(H,15,17). The lowest BCUT2D eigenvalue weighted by molar-refractivity contribution is -0.123. The molecule has 100 valence electrons. The van der Waals surface area contributed by atoms with Crippen LogP contribution in [0.15, 0.2) is 10.5 Å². The molecule has 0 spiro atoms. The molecule has 0 saturated carbocycles. The average Bonchev–Trinajstić information content (AvgIpc) is 2.36. The number of halogens is 1. The molecule has 0 fully saturated rings. The van der Waals surface area contributed by atoms with Gasteiger partial charge in [-0.25, -0.2) is 0 Å². The maximum Gasteiger partial charge on any atom is 0.258 e. The van der Waals surface area contributed by atoms with E-state index < -0.39 is 0 Å². The quantitative estimate of drug-likeness (QED) is 0.872. The third-order valence-electron chi connectivity index (χ3n) is 2.75. The fourth-order valence-electron chi connectivity index (χ4n) is 1.55. The Bertz CT molecular complexity index is 446. The average molecular weight is 316 g/mol. The van der Waals surface area contributed by atoms with E-state index in [2.05, 4.69) is 21.2 Å². The molecule has 2 N–H and O–H groups in total. The number of nitrogens with one attached hydrogen (secondary N) is 1. The number of aliphatic hydroxyl groups excluding tert-OH is 1. The van der Waals surface area contributed by atoms with Crippen molar-refractivity contribution in [3.05, 3.63) is 27.2 Å². The number of rotatable bonds is 5. The van der Waals surface area contributed by atoms with Crippen molar-refractivity contribution in [2.45, 2.75) is 20.8 Å². The Morgan fingerprint density at radius 3 is 2.67 bits per heavy atom. The minimum Gasteiger partial charge on any atom is -0.483 e. The molecule has 0 saturated heterocycles. The van der Waals surface area contributed by atoms with E-state index in [1.165, 1.54) is 0 Å². The molecule has 0 atom stereocenters. The van der Waals surface area contributed by atoms with E-state index in [9.17, 15) is 4.79 Å². The minimum absolute atomic E-state index is 0.0403. The fourth-order valence-corrected chi connectivity index (χ4v) is 1.96. The number of benzene rings is 1. The summed E-state index contributed by atoms with van der Waals surface area (Å²) in [6, 6.07) is 1.91. The summed E-state index contributed by atoms with van der Waals surface area (Å²) in [5, 5.41) is 11.1. The van der Waals surface area contributed by atoms with Crippen LogP contribution in [0.2, 0.25) is 0 Å². The molecule has 0 bridgehead atoms. The van der Waals surface area contributed by atoms with Crippen molar-refractivity contribution in [1.82, 2.24) is 5.32 Å². The number of carbonyl (C=O) groups is 1. The highest BCUT2D eigenvalue weighted by Crippen LogP contribution is 2.31. The van der Waals surface area contributed by atoms with Crippen molar-refractivity contribution in [1.29, 1.82) is 0 Å². The first-order valence-electron chi connectivity index (χ1n) is 5.74. The summed E-state index contributed by atoms with van der Waals surface area (Å²) in [4.78, 5) is 11.4. The van der Waals surface area contributed by atoms with Gasteiger partial charge >= 0.3 is 0 Å². The minimum atomic E-state index is -0.235. The van der Waals surface area contributed by atoms with Gasteiger partial charge in [0.2, 0.25) is 0 Å². The van der Waals surface area contributed by atoms with Gasteiger partial charge in [0.1, 0.15) is 5.75 Å². The van der Waals surface area contributed by atoms with Crippen LogP contribution in [0, 0.1) is 20.8 Å². The SMILES string of the molecule is Cc1cc(OCC(=O)NCCO)c(C)c(C)c1Br. The highest BCUT2D eigenvalue weighted by Gasteiger charge is 2.10. The number of carbonyl (C=O) groups excluding carboxylic acids is 1. The Kier molecular flexibility index (Phi) is 5.62. The van der Waals surface area contributed by atoms with Crippen molar-refractivity contribution < 1.29 is 14.6 Å². The molecule has 0 aromatic heterocycles. The molecule has 0 unspecified atom stereocenters. The molecular formula is C13H18BrNO3. The first-order chi connectivity index (χ1) is 8.47. The Balaban J connectivity index is 2.71. The van der Waals surface area contributed by atoms with Crippen molar-refractivity contribution >= 4 is 21.8 Å². The molecule has 18 heavy (non-hydrogen) atoms. The molecule has 1 aromatic carbocycles. The largest absolute Gasteiger partial charge is 0.483 e. The Labute approximate surface area is 115 Å². The highest BCUT2D eigenvalue weighted by molar-refractivity contribution is 9.10. The van der Waals surface area contributed by atoms with Gasteiger partial charge in [-0.05, 0) is 43.5 Å². The predicted molar refractivity (Wildman–Crippen MR) is 73.9 cm³/mol. The van der Waals surface area contributed by atoms with Gasteiger partial charge in [0, 0.05) is 11.0 Å². The first kappa shape index (κ1) is 15.0. The summed E-state index contributed by atoms with van der Waals surface area (Å²) in [5.74, 6) is 0.481. The Hall–Kier alpha value is -1.07. The van der Waals surface area contributed by atoms with Gasteiger partial charge in [-0.3, -0.25) is 4.79 Å². The van der Waals surface area contributed by atoms with Gasteiger partial charge in [-0.2, -0.15) is 0 Å². The van der Waals surface area contributed by atoms with E-state index >= 15 is 0 Å². The summed E-state index contributed by atoms with van der Waals surface area (Å²) in [6.45, 7) is 6.09. The van der Waals surface area contributed by atoms with Crippen molar-refractivity contribution in [2.24, 2.45) is 0 Å². The topological polar surface area (TPSA) is 58.6 Å². The van der Waals surface area contributed by atoms with Crippen LogP contribution < -0.4 is 10.1 Å². The second-order valence-electron chi connectivity index (χ2n) is 4.12. The number of amides is 1. The summed E-state index contributed by atoms with van der Waals surface area (Å²) in [5.41, 5.74) is 3.20. The Morgan fingerprint density at radius 1 is 1.39 bits per heavy atom. The van der Waals surface area contributed by atoms with Crippen LogP contribution in [-0.4, -0.2) is 30.8 Å². The second kappa shape index (κ2) is 6.75. The number of aryl methyl sites for hydroxylation is 1. The van der Waals surface area contributed by atoms with E-state index in [1.54, 1.807) is 0 Å². The lowest BCUT2D eigenvalue weighted by Gasteiger charge is -2.14. The normalized spacial score (nSPS) is 10.3. The molecule has 0 aliphatic rings. The van der Waals surface area contributed by atoms with Crippen LogP contribution in [0.3, 0.4) is 0 Å². The van der Waals surface area contributed by atoms with Gasteiger partial charge < -0.3 is 15.2 Å². The number of aliphatic hydroxyl groups is 1. The van der Waals surface area contributed by atoms with Gasteiger partial charge in [0.05, 0.1) is 6.61 Å². The second-order valence-corrected chi connectivity index (χ2v) is 4.91. The molecule has 0 aliphatic carbocycles. The molecule has 1 amide bonds. The van der Waals surface area contributed by atoms with Gasteiger partial charge in [0.15, 0.2) is 6.61 Å². The Morgan fingerprint density at radius 2 is 2.06 bits per heavy atom. The zero-order chi connectivity index (χ0) is 13.7. The van der Waals surface area contributed by atoms with E-state index in [1.807, 2.05) is 26.8 Å². The van der Waals surface area contributed by atoms with Crippen LogP contribution in [0.25, 0.3) is 0 Å². The van der Waals surface area contributed by atoms with Gasteiger partial charge in [-0.15, -0.1) is 0 Å². The number of ether oxygens (including phenoxy) is 1. The van der Waals surface area contributed by atoms with E-state index in [0.717, 1.165) is 21.2 Å². The lowest BCUT2D eigenvalue weighted by atomic mass is 10.1. The summed E-state index contributed by atoms with van der Waals surface area (Å²) in [6.07, 6.45) is 0. The fraction of sp³-hybridized carbons (Fsp3) is 0.462. The van der Waals surface area contributed by atoms with Crippen molar-refractivity contribution in [2.75, 3.05) is 19.8 Å². The first-order valence-corrected chi connectivity index (χ1v) is 6.53. The summed E-state index contributed by atoms with van der Waals surface area (Å²) >= 11 is 3.52. The third kappa shape index (κ3) is 3.71. The molecule has 0 heterocycles. The van der Waals surface area contributed by atoms with Crippen molar-refractivity contribution in [3.63, 3.8) is 0 Å². The summed E-state index contributed by atoms with van der Waals surface area (Å²) in [7, 11) is 0. The molecule has 1 aromatic rings. The molecule has 4 nitrogen and oxygen atoms in total. The molecule has 0 aliphatic heterocycles. The smallest absolute Gasteiger partial charge is 0.258 e. The number of hydrogen-bond donors (Lipinski definition) is 2. The monoisotopic (exact) mass is 315 g/mol. The lowest BCUT2D eigenvalue weighted by Crippen LogP contribution is -2.31. The number of hydrogen-bond acceptors (Lipinski definition) is 3. The third-order valence-corrected chi connectivity index (χ3v) is 3.97. The van der Waals surface area contributed by atoms with E-state index in [4.69, 9.17) is 9.84 Å². The van der Waals surface area contributed by atoms with Crippen LogP contribution in [0.5, 0.6) is 5.75 Å².